The highest BCUT2D eigenvalue weighted by molar-refractivity contribution is 5.91. The van der Waals surface area contributed by atoms with Crippen LogP contribution in [0.15, 0.2) is 22.8 Å². The Labute approximate surface area is 128 Å². The number of carboxylic acid groups (broad SMARTS) is 1. The summed E-state index contributed by atoms with van der Waals surface area (Å²) in [6.45, 7) is 4.04. The molecule has 0 radical (unpaired) electrons. The van der Waals surface area contributed by atoms with Crippen LogP contribution in [0, 0.1) is 11.8 Å². The lowest BCUT2D eigenvalue weighted by atomic mass is 10.0. The van der Waals surface area contributed by atoms with Crippen LogP contribution >= 0.6 is 0 Å². The molecule has 22 heavy (non-hydrogen) atoms. The summed E-state index contributed by atoms with van der Waals surface area (Å²) in [6.07, 6.45) is 1.62. The highest BCUT2D eigenvalue weighted by Gasteiger charge is 2.36. The Morgan fingerprint density at radius 2 is 2.23 bits per heavy atom. The van der Waals surface area contributed by atoms with Crippen molar-refractivity contribution in [2.45, 2.75) is 32.9 Å². The lowest BCUT2D eigenvalue weighted by molar-refractivity contribution is -0.143. The molecule has 2 atom stereocenters. The van der Waals surface area contributed by atoms with E-state index in [9.17, 15) is 14.4 Å². The van der Waals surface area contributed by atoms with Crippen LogP contribution in [0.1, 0.15) is 26.0 Å². The number of furan rings is 1. The number of carbonyl (C=O) groups is 3. The molecule has 0 spiro atoms. The van der Waals surface area contributed by atoms with Crippen LogP contribution in [0.2, 0.25) is 0 Å². The standard InChI is InChI=1S/C15H20N2O5/c1-9(2)13(15(20)21)16-14(19)10-6-12(18)17(7-10)8-11-4-3-5-22-11/h3-5,9-10,13H,6-8H2,1-2H3,(H,16,19)(H,20,21)/t10?,13-/m1/s1. The van der Waals surface area contributed by atoms with Gasteiger partial charge in [0, 0.05) is 13.0 Å². The predicted molar refractivity (Wildman–Crippen MR) is 76.6 cm³/mol. The third-order valence-corrected chi connectivity index (χ3v) is 3.74. The maximum absolute atomic E-state index is 12.2. The van der Waals surface area contributed by atoms with Gasteiger partial charge >= 0.3 is 5.97 Å². The van der Waals surface area contributed by atoms with Crippen molar-refractivity contribution in [1.82, 2.24) is 10.2 Å². The second-order valence-corrected chi connectivity index (χ2v) is 5.82. The van der Waals surface area contributed by atoms with E-state index in [-0.39, 0.29) is 24.8 Å². The van der Waals surface area contributed by atoms with Gasteiger partial charge in [-0.05, 0) is 18.1 Å². The minimum Gasteiger partial charge on any atom is -0.480 e. The largest absolute Gasteiger partial charge is 0.480 e. The van der Waals surface area contributed by atoms with Gasteiger partial charge in [0.05, 0.1) is 18.7 Å². The van der Waals surface area contributed by atoms with Crippen LogP contribution < -0.4 is 5.32 Å². The first-order valence-electron chi connectivity index (χ1n) is 7.21. The van der Waals surface area contributed by atoms with Crippen LogP contribution in [-0.4, -0.2) is 40.4 Å². The molecular weight excluding hydrogens is 288 g/mol. The molecule has 2 rings (SSSR count). The van der Waals surface area contributed by atoms with E-state index >= 15 is 0 Å². The van der Waals surface area contributed by atoms with E-state index in [1.807, 2.05) is 0 Å². The topological polar surface area (TPSA) is 99.9 Å². The summed E-state index contributed by atoms with van der Waals surface area (Å²) in [5.74, 6) is -1.69. The van der Waals surface area contributed by atoms with Crippen molar-refractivity contribution in [1.29, 1.82) is 0 Å². The molecule has 2 heterocycles. The Morgan fingerprint density at radius 1 is 1.50 bits per heavy atom. The Morgan fingerprint density at radius 3 is 2.77 bits per heavy atom. The number of hydrogen-bond donors (Lipinski definition) is 2. The van der Waals surface area contributed by atoms with E-state index in [0.29, 0.717) is 12.3 Å². The van der Waals surface area contributed by atoms with Crippen LogP contribution in [0.4, 0.5) is 0 Å². The number of aliphatic carboxylic acids is 1. The van der Waals surface area contributed by atoms with Crippen molar-refractivity contribution in [3.05, 3.63) is 24.2 Å². The number of likely N-dealkylation sites (tertiary alicyclic amines) is 1. The number of carboxylic acids is 1. The summed E-state index contributed by atoms with van der Waals surface area (Å²) in [5.41, 5.74) is 0. The molecule has 0 saturated carbocycles. The third kappa shape index (κ3) is 3.66. The fourth-order valence-corrected chi connectivity index (χ4v) is 2.48. The molecule has 120 valence electrons. The fourth-order valence-electron chi connectivity index (χ4n) is 2.48. The van der Waals surface area contributed by atoms with Crippen LogP contribution in [0.5, 0.6) is 0 Å². The molecule has 0 aromatic carbocycles. The van der Waals surface area contributed by atoms with Gasteiger partial charge in [-0.3, -0.25) is 9.59 Å². The quantitative estimate of drug-likeness (QED) is 0.811. The maximum atomic E-state index is 12.2. The summed E-state index contributed by atoms with van der Waals surface area (Å²) in [7, 11) is 0. The minimum atomic E-state index is -1.07. The van der Waals surface area contributed by atoms with Crippen molar-refractivity contribution >= 4 is 17.8 Å². The number of rotatable bonds is 6. The van der Waals surface area contributed by atoms with Crippen molar-refractivity contribution in [2.24, 2.45) is 11.8 Å². The molecule has 1 aliphatic rings. The predicted octanol–water partition coefficient (Wildman–Crippen LogP) is 0.853. The first kappa shape index (κ1) is 16.1. The molecule has 1 saturated heterocycles. The number of nitrogens with zero attached hydrogens (tertiary/aromatic N) is 1. The van der Waals surface area contributed by atoms with Crippen LogP contribution in [-0.2, 0) is 20.9 Å². The average molecular weight is 308 g/mol. The molecule has 7 heteroatoms. The van der Waals surface area contributed by atoms with Gasteiger partial charge in [0.15, 0.2) is 0 Å². The van der Waals surface area contributed by atoms with E-state index in [1.165, 1.54) is 6.26 Å². The highest BCUT2D eigenvalue weighted by Crippen LogP contribution is 2.21. The molecule has 0 bridgehead atoms. The van der Waals surface area contributed by atoms with Gasteiger partial charge in [-0.25, -0.2) is 4.79 Å². The van der Waals surface area contributed by atoms with E-state index in [1.54, 1.807) is 30.9 Å². The van der Waals surface area contributed by atoms with E-state index in [4.69, 9.17) is 9.52 Å². The fraction of sp³-hybridized carbons (Fsp3) is 0.533. The lowest BCUT2D eigenvalue weighted by Crippen LogP contribution is -2.47. The molecule has 7 nitrogen and oxygen atoms in total. The zero-order valence-corrected chi connectivity index (χ0v) is 12.6. The van der Waals surface area contributed by atoms with E-state index < -0.39 is 23.8 Å². The summed E-state index contributed by atoms with van der Waals surface area (Å²) < 4.78 is 5.19. The second kappa shape index (κ2) is 6.64. The lowest BCUT2D eigenvalue weighted by Gasteiger charge is -2.20. The van der Waals surface area contributed by atoms with Gasteiger partial charge in [0.2, 0.25) is 11.8 Å². The Hall–Kier alpha value is -2.31. The Kier molecular flexibility index (Phi) is 4.85. The Bertz CT molecular complexity index is 552. The molecule has 2 amide bonds. The van der Waals surface area contributed by atoms with Gasteiger partial charge in [0.1, 0.15) is 11.8 Å². The third-order valence-electron chi connectivity index (χ3n) is 3.74. The molecule has 1 aromatic heterocycles. The van der Waals surface area contributed by atoms with Crippen molar-refractivity contribution < 1.29 is 23.9 Å². The number of amides is 2. The monoisotopic (exact) mass is 308 g/mol. The summed E-state index contributed by atoms with van der Waals surface area (Å²) >= 11 is 0. The number of nitrogens with one attached hydrogen (secondary N) is 1. The van der Waals surface area contributed by atoms with Gasteiger partial charge in [-0.1, -0.05) is 13.8 Å². The molecule has 1 aliphatic heterocycles. The summed E-state index contributed by atoms with van der Waals surface area (Å²) in [5, 5.41) is 11.6. The smallest absolute Gasteiger partial charge is 0.326 e. The van der Waals surface area contributed by atoms with Crippen molar-refractivity contribution in [2.75, 3.05) is 6.54 Å². The summed E-state index contributed by atoms with van der Waals surface area (Å²) in [4.78, 5) is 36.8. The van der Waals surface area contributed by atoms with E-state index in [0.717, 1.165) is 0 Å². The average Bonchev–Trinajstić information content (AvgIpc) is 3.06. The first-order chi connectivity index (χ1) is 10.4. The minimum absolute atomic E-state index is 0.0942. The van der Waals surface area contributed by atoms with E-state index in [2.05, 4.69) is 5.32 Å². The van der Waals surface area contributed by atoms with Crippen molar-refractivity contribution in [3.63, 3.8) is 0 Å². The number of carbonyl (C=O) groups excluding carboxylic acids is 2. The number of hydrogen-bond acceptors (Lipinski definition) is 4. The second-order valence-electron chi connectivity index (χ2n) is 5.82. The molecule has 1 unspecified atom stereocenters. The van der Waals surface area contributed by atoms with Gasteiger partial charge in [-0.2, -0.15) is 0 Å². The maximum Gasteiger partial charge on any atom is 0.326 e. The molecule has 1 fully saturated rings. The summed E-state index contributed by atoms with van der Waals surface area (Å²) in [6, 6.07) is 2.56. The SMILES string of the molecule is CC(C)[C@@H](NC(=O)C1CC(=O)N(Cc2ccco2)C1)C(=O)O. The zero-order valence-electron chi connectivity index (χ0n) is 12.6. The molecule has 2 N–H and O–H groups in total. The zero-order chi connectivity index (χ0) is 16.3. The molecule has 0 aliphatic carbocycles. The van der Waals surface area contributed by atoms with Crippen LogP contribution in [0.3, 0.4) is 0 Å². The van der Waals surface area contributed by atoms with Gasteiger partial charge < -0.3 is 19.7 Å². The molecule has 1 aromatic rings. The highest BCUT2D eigenvalue weighted by atomic mass is 16.4. The molecular formula is C15H20N2O5. The van der Waals surface area contributed by atoms with Gasteiger partial charge in [-0.15, -0.1) is 0 Å². The van der Waals surface area contributed by atoms with Gasteiger partial charge in [0.25, 0.3) is 0 Å². The Balaban J connectivity index is 1.94. The first-order valence-corrected chi connectivity index (χ1v) is 7.21. The van der Waals surface area contributed by atoms with Crippen LogP contribution in [0.25, 0.3) is 0 Å². The normalized spacial score (nSPS) is 19.5. The van der Waals surface area contributed by atoms with Crippen molar-refractivity contribution in [3.8, 4) is 0 Å².